The fourth-order valence-corrected chi connectivity index (χ4v) is 3.09. The number of benzene rings is 1. The second-order valence-electron chi connectivity index (χ2n) is 4.96. The number of rotatable bonds is 7. The largest absolute Gasteiger partial charge is 0.300 e. The van der Waals surface area contributed by atoms with Crippen molar-refractivity contribution in [2.45, 2.75) is 49.3 Å². The molecule has 2 nitrogen and oxygen atoms in total. The molecule has 2 unspecified atom stereocenters. The van der Waals surface area contributed by atoms with E-state index in [-0.39, 0.29) is 5.82 Å². The smallest absolute Gasteiger partial charge is 0.123 e. The lowest BCUT2D eigenvalue weighted by atomic mass is 9.98. The van der Waals surface area contributed by atoms with Gasteiger partial charge in [0.15, 0.2) is 0 Å². The second-order valence-corrected chi connectivity index (χ2v) is 6.47. The van der Waals surface area contributed by atoms with Crippen LogP contribution < -0.4 is 5.32 Å². The van der Waals surface area contributed by atoms with E-state index in [9.17, 15) is 9.65 Å². The highest BCUT2D eigenvalue weighted by Crippen LogP contribution is 2.28. The molecule has 0 saturated heterocycles. The molecule has 0 saturated carbocycles. The highest BCUT2D eigenvalue weighted by atomic mass is 32.2. The second kappa shape index (κ2) is 7.52. The topological polar surface area (TPSA) is 35.8 Å². The normalized spacial score (nSPS) is 15.5. The fourth-order valence-electron chi connectivity index (χ4n) is 1.92. The van der Waals surface area contributed by atoms with Crippen molar-refractivity contribution in [3.05, 3.63) is 30.1 Å². The van der Waals surface area contributed by atoms with E-state index >= 15 is 0 Å². The number of nitrogens with one attached hydrogen (secondary N) is 1. The van der Waals surface area contributed by atoms with Gasteiger partial charge < -0.3 is 0 Å². The first kappa shape index (κ1) is 16.0. The van der Waals surface area contributed by atoms with E-state index < -0.39 is 5.54 Å². The molecule has 0 amide bonds. The number of hydrogen-bond donors (Lipinski definition) is 1. The SMILES string of the molecule is CCCNC(C)(C#N)CC(C)Sc1ccc(F)cc1. The van der Waals surface area contributed by atoms with Crippen LogP contribution in [0.3, 0.4) is 0 Å². The van der Waals surface area contributed by atoms with Crippen molar-refractivity contribution in [1.82, 2.24) is 5.32 Å². The Bertz CT molecular complexity index is 427. The van der Waals surface area contributed by atoms with Crippen molar-refractivity contribution in [1.29, 1.82) is 5.26 Å². The maximum Gasteiger partial charge on any atom is 0.123 e. The summed E-state index contributed by atoms with van der Waals surface area (Å²) < 4.78 is 12.8. The van der Waals surface area contributed by atoms with Gasteiger partial charge in [0, 0.05) is 10.1 Å². The highest BCUT2D eigenvalue weighted by molar-refractivity contribution is 7.99. The van der Waals surface area contributed by atoms with Gasteiger partial charge in [-0.1, -0.05) is 13.8 Å². The Hall–Kier alpha value is -1.05. The molecule has 0 aliphatic heterocycles. The Kier molecular flexibility index (Phi) is 6.33. The minimum atomic E-state index is -0.498. The Morgan fingerprint density at radius 3 is 2.58 bits per heavy atom. The maximum atomic E-state index is 12.8. The molecule has 4 heteroatoms. The molecule has 0 aliphatic carbocycles. The van der Waals surface area contributed by atoms with Gasteiger partial charge in [-0.3, -0.25) is 5.32 Å². The third kappa shape index (κ3) is 5.63. The van der Waals surface area contributed by atoms with Gasteiger partial charge in [0.2, 0.25) is 0 Å². The van der Waals surface area contributed by atoms with Crippen LogP contribution in [-0.2, 0) is 0 Å². The van der Waals surface area contributed by atoms with E-state index in [1.165, 1.54) is 12.1 Å². The third-order valence-corrected chi connectivity index (χ3v) is 3.97. The summed E-state index contributed by atoms with van der Waals surface area (Å²) in [7, 11) is 0. The molecule has 0 spiro atoms. The fraction of sp³-hybridized carbons (Fsp3) is 0.533. The van der Waals surface area contributed by atoms with Crippen molar-refractivity contribution >= 4 is 11.8 Å². The average Bonchev–Trinajstić information content (AvgIpc) is 2.39. The number of thioether (sulfide) groups is 1. The predicted octanol–water partition coefficient (Wildman–Crippen LogP) is 3.98. The minimum absolute atomic E-state index is 0.219. The van der Waals surface area contributed by atoms with Crippen LogP contribution in [0, 0.1) is 17.1 Å². The van der Waals surface area contributed by atoms with Crippen LogP contribution in [0.1, 0.15) is 33.6 Å². The summed E-state index contributed by atoms with van der Waals surface area (Å²) in [6, 6.07) is 8.84. The summed E-state index contributed by atoms with van der Waals surface area (Å²) in [6.45, 7) is 6.96. The molecule has 0 bridgehead atoms. The van der Waals surface area contributed by atoms with Crippen molar-refractivity contribution < 1.29 is 4.39 Å². The lowest BCUT2D eigenvalue weighted by molar-refractivity contribution is 0.418. The van der Waals surface area contributed by atoms with Crippen LogP contribution in [0.15, 0.2) is 29.2 Å². The molecule has 0 fully saturated rings. The summed E-state index contributed by atoms with van der Waals surface area (Å²) in [5.41, 5.74) is -0.498. The maximum absolute atomic E-state index is 12.8. The first-order valence-electron chi connectivity index (χ1n) is 6.57. The summed E-state index contributed by atoms with van der Waals surface area (Å²) in [4.78, 5) is 1.03. The molecule has 0 aliphatic rings. The summed E-state index contributed by atoms with van der Waals surface area (Å²) >= 11 is 1.67. The molecule has 1 aromatic rings. The van der Waals surface area contributed by atoms with E-state index in [4.69, 9.17) is 0 Å². The molecule has 0 heterocycles. The van der Waals surface area contributed by atoms with E-state index in [0.29, 0.717) is 5.25 Å². The van der Waals surface area contributed by atoms with Crippen LogP contribution in [0.2, 0.25) is 0 Å². The number of halogens is 1. The van der Waals surface area contributed by atoms with Gasteiger partial charge in [-0.2, -0.15) is 5.26 Å². The van der Waals surface area contributed by atoms with Gasteiger partial charge in [0.1, 0.15) is 11.4 Å². The summed E-state index contributed by atoms with van der Waals surface area (Å²) in [5.74, 6) is -0.219. The molecule has 2 atom stereocenters. The van der Waals surface area contributed by atoms with Crippen molar-refractivity contribution in [2.24, 2.45) is 0 Å². The quantitative estimate of drug-likeness (QED) is 0.767. The Balaban J connectivity index is 2.56. The van der Waals surface area contributed by atoms with Gasteiger partial charge >= 0.3 is 0 Å². The van der Waals surface area contributed by atoms with Gasteiger partial charge in [-0.15, -0.1) is 11.8 Å². The predicted molar refractivity (Wildman–Crippen MR) is 78.6 cm³/mol. The zero-order chi connectivity index (χ0) is 14.3. The van der Waals surface area contributed by atoms with E-state index in [2.05, 4.69) is 25.2 Å². The zero-order valence-corrected chi connectivity index (χ0v) is 12.6. The molecule has 0 aromatic heterocycles. The molecule has 104 valence electrons. The van der Waals surface area contributed by atoms with Crippen LogP contribution in [0.25, 0.3) is 0 Å². The molecule has 0 radical (unpaired) electrons. The molecular weight excluding hydrogens is 259 g/mol. The lowest BCUT2D eigenvalue weighted by Crippen LogP contribution is -2.43. The van der Waals surface area contributed by atoms with E-state index in [1.807, 2.05) is 6.92 Å². The van der Waals surface area contributed by atoms with E-state index in [0.717, 1.165) is 24.3 Å². The molecule has 1 aromatic carbocycles. The lowest BCUT2D eigenvalue weighted by Gasteiger charge is -2.26. The first-order chi connectivity index (χ1) is 8.99. The molecule has 1 rings (SSSR count). The Labute approximate surface area is 119 Å². The molecular formula is C15H21FN2S. The standard InChI is InChI=1S/C15H21FN2S/c1-4-9-18-15(3,11-17)10-12(2)19-14-7-5-13(16)6-8-14/h5-8,12,18H,4,9-10H2,1-3H3. The van der Waals surface area contributed by atoms with Crippen LogP contribution >= 0.6 is 11.8 Å². The van der Waals surface area contributed by atoms with Crippen LogP contribution in [-0.4, -0.2) is 17.3 Å². The molecule has 1 N–H and O–H groups in total. The van der Waals surface area contributed by atoms with Crippen molar-refractivity contribution in [3.8, 4) is 6.07 Å². The van der Waals surface area contributed by atoms with Gasteiger partial charge in [0.25, 0.3) is 0 Å². The van der Waals surface area contributed by atoms with Crippen molar-refractivity contribution in [3.63, 3.8) is 0 Å². The summed E-state index contributed by atoms with van der Waals surface area (Å²) in [5, 5.41) is 12.9. The van der Waals surface area contributed by atoms with E-state index in [1.54, 1.807) is 23.9 Å². The summed E-state index contributed by atoms with van der Waals surface area (Å²) in [6.07, 6.45) is 1.77. The molecule has 19 heavy (non-hydrogen) atoms. The highest BCUT2D eigenvalue weighted by Gasteiger charge is 2.25. The van der Waals surface area contributed by atoms with Crippen LogP contribution in [0.4, 0.5) is 4.39 Å². The average molecular weight is 280 g/mol. The Morgan fingerprint density at radius 2 is 2.05 bits per heavy atom. The first-order valence-corrected chi connectivity index (χ1v) is 7.45. The Morgan fingerprint density at radius 1 is 1.42 bits per heavy atom. The zero-order valence-electron chi connectivity index (χ0n) is 11.7. The number of nitrogens with zero attached hydrogens (tertiary/aromatic N) is 1. The van der Waals surface area contributed by atoms with Crippen LogP contribution in [0.5, 0.6) is 0 Å². The van der Waals surface area contributed by atoms with Gasteiger partial charge in [-0.05, 0) is 50.6 Å². The minimum Gasteiger partial charge on any atom is -0.300 e. The monoisotopic (exact) mass is 280 g/mol. The van der Waals surface area contributed by atoms with Gasteiger partial charge in [-0.25, -0.2) is 4.39 Å². The number of nitriles is 1. The number of hydrogen-bond acceptors (Lipinski definition) is 3. The van der Waals surface area contributed by atoms with Gasteiger partial charge in [0.05, 0.1) is 6.07 Å². The third-order valence-electron chi connectivity index (χ3n) is 2.86. The van der Waals surface area contributed by atoms with Crippen molar-refractivity contribution in [2.75, 3.05) is 6.54 Å².